The Morgan fingerprint density at radius 2 is 2.18 bits per heavy atom. The number of carbonyl (C=O) groups is 2. The molecule has 1 aliphatic heterocycles. The van der Waals surface area contributed by atoms with Crippen LogP contribution < -0.4 is 5.73 Å². The van der Waals surface area contributed by atoms with E-state index in [-0.39, 0.29) is 23.8 Å². The van der Waals surface area contributed by atoms with E-state index in [0.29, 0.717) is 32.4 Å². The largest absolute Gasteiger partial charge is 0.481 e. The number of hydrogen-bond donors (Lipinski definition) is 2. The molecule has 0 aliphatic carbocycles. The lowest BCUT2D eigenvalue weighted by Gasteiger charge is -2.37. The Kier molecular flexibility index (Phi) is 4.93. The topological polar surface area (TPSA) is 83.6 Å². The van der Waals surface area contributed by atoms with Crippen LogP contribution in [0.1, 0.15) is 33.1 Å². The van der Waals surface area contributed by atoms with Gasteiger partial charge in [0.1, 0.15) is 0 Å². The third-order valence-electron chi connectivity index (χ3n) is 3.53. The number of amides is 1. The molecular formula is C12H22N2O3. The van der Waals surface area contributed by atoms with Crippen molar-refractivity contribution in [3.8, 4) is 0 Å². The van der Waals surface area contributed by atoms with Crippen LogP contribution in [0, 0.1) is 11.8 Å². The minimum absolute atomic E-state index is 0.0116. The predicted molar refractivity (Wildman–Crippen MR) is 64.4 cm³/mol. The molecule has 0 spiro atoms. The second-order valence-corrected chi connectivity index (χ2v) is 4.92. The summed E-state index contributed by atoms with van der Waals surface area (Å²) in [7, 11) is 0. The minimum atomic E-state index is -0.751. The van der Waals surface area contributed by atoms with Crippen molar-refractivity contribution in [2.24, 2.45) is 17.6 Å². The second kappa shape index (κ2) is 6.00. The van der Waals surface area contributed by atoms with Crippen LogP contribution in [0.3, 0.4) is 0 Å². The lowest BCUT2D eigenvalue weighted by atomic mass is 9.90. The fourth-order valence-electron chi connectivity index (χ4n) is 2.38. The first-order valence-corrected chi connectivity index (χ1v) is 6.20. The standard InChI is InChI=1S/C12H22N2O3/c1-8(3-5-13)11(15)14-6-4-10(12(16)17)7-9(14)2/h8-10H,3-7,13H2,1-2H3,(H,16,17). The maximum Gasteiger partial charge on any atom is 0.306 e. The summed E-state index contributed by atoms with van der Waals surface area (Å²) in [6.45, 7) is 4.85. The highest BCUT2D eigenvalue weighted by atomic mass is 16.4. The number of nitrogens with two attached hydrogens (primary N) is 1. The SMILES string of the molecule is CC(CCN)C(=O)N1CCC(C(=O)O)CC1C. The highest BCUT2D eigenvalue weighted by molar-refractivity contribution is 5.79. The van der Waals surface area contributed by atoms with Crippen molar-refractivity contribution < 1.29 is 14.7 Å². The molecule has 5 heteroatoms. The summed E-state index contributed by atoms with van der Waals surface area (Å²) in [5.41, 5.74) is 5.44. The summed E-state index contributed by atoms with van der Waals surface area (Å²) in [6.07, 6.45) is 1.79. The Labute approximate surface area is 102 Å². The van der Waals surface area contributed by atoms with Crippen LogP contribution in [-0.2, 0) is 9.59 Å². The Hall–Kier alpha value is -1.10. The molecule has 3 unspecified atom stereocenters. The molecule has 1 fully saturated rings. The summed E-state index contributed by atoms with van der Waals surface area (Å²) >= 11 is 0. The molecule has 1 saturated heterocycles. The summed E-state index contributed by atoms with van der Waals surface area (Å²) in [6, 6.07) is 0.0116. The van der Waals surface area contributed by atoms with Crippen LogP contribution >= 0.6 is 0 Å². The fraction of sp³-hybridized carbons (Fsp3) is 0.833. The van der Waals surface area contributed by atoms with Gasteiger partial charge in [-0.1, -0.05) is 6.92 Å². The molecule has 3 atom stereocenters. The van der Waals surface area contributed by atoms with Gasteiger partial charge in [0, 0.05) is 18.5 Å². The Bertz CT molecular complexity index is 293. The van der Waals surface area contributed by atoms with Crippen molar-refractivity contribution in [3.05, 3.63) is 0 Å². The van der Waals surface area contributed by atoms with Crippen molar-refractivity contribution in [1.29, 1.82) is 0 Å². The zero-order chi connectivity index (χ0) is 13.0. The fourth-order valence-corrected chi connectivity index (χ4v) is 2.38. The lowest BCUT2D eigenvalue weighted by Crippen LogP contribution is -2.48. The molecule has 0 radical (unpaired) electrons. The Morgan fingerprint density at radius 1 is 1.53 bits per heavy atom. The molecule has 3 N–H and O–H groups in total. The summed E-state index contributed by atoms with van der Waals surface area (Å²) in [5, 5.41) is 8.95. The van der Waals surface area contributed by atoms with Crippen LogP contribution in [0.2, 0.25) is 0 Å². The summed E-state index contributed by atoms with van der Waals surface area (Å²) in [5.74, 6) is -1.02. The van der Waals surface area contributed by atoms with Crippen LogP contribution in [0.5, 0.6) is 0 Å². The number of carbonyl (C=O) groups excluding carboxylic acids is 1. The van der Waals surface area contributed by atoms with Crippen LogP contribution in [0.25, 0.3) is 0 Å². The van der Waals surface area contributed by atoms with E-state index in [9.17, 15) is 9.59 Å². The quantitative estimate of drug-likeness (QED) is 0.759. The van der Waals surface area contributed by atoms with E-state index in [2.05, 4.69) is 0 Å². The highest BCUT2D eigenvalue weighted by Crippen LogP contribution is 2.24. The number of nitrogens with zero attached hydrogens (tertiary/aromatic N) is 1. The van der Waals surface area contributed by atoms with Gasteiger partial charge in [0.15, 0.2) is 0 Å². The van der Waals surface area contributed by atoms with Gasteiger partial charge in [0.05, 0.1) is 5.92 Å². The van der Waals surface area contributed by atoms with Crippen LogP contribution in [0.15, 0.2) is 0 Å². The molecular weight excluding hydrogens is 220 g/mol. The molecule has 0 bridgehead atoms. The van der Waals surface area contributed by atoms with Crippen molar-refractivity contribution >= 4 is 11.9 Å². The molecule has 5 nitrogen and oxygen atoms in total. The molecule has 1 rings (SSSR count). The Balaban J connectivity index is 2.57. The number of carboxylic acids is 1. The molecule has 1 aliphatic rings. The van der Waals surface area contributed by atoms with Crippen molar-refractivity contribution in [1.82, 2.24) is 4.90 Å². The molecule has 0 aromatic rings. The summed E-state index contributed by atoms with van der Waals surface area (Å²) in [4.78, 5) is 24.8. The minimum Gasteiger partial charge on any atom is -0.481 e. The van der Waals surface area contributed by atoms with E-state index >= 15 is 0 Å². The predicted octanol–water partition coefficient (Wildman–Crippen LogP) is 0.683. The Morgan fingerprint density at radius 3 is 2.65 bits per heavy atom. The van der Waals surface area contributed by atoms with Gasteiger partial charge in [0.25, 0.3) is 0 Å². The zero-order valence-corrected chi connectivity index (χ0v) is 10.6. The van der Waals surface area contributed by atoms with Gasteiger partial charge in [-0.3, -0.25) is 9.59 Å². The number of piperidine rings is 1. The molecule has 0 saturated carbocycles. The first-order chi connectivity index (χ1) is 7.97. The highest BCUT2D eigenvalue weighted by Gasteiger charge is 2.33. The molecule has 98 valence electrons. The second-order valence-electron chi connectivity index (χ2n) is 4.92. The maximum absolute atomic E-state index is 12.1. The summed E-state index contributed by atoms with van der Waals surface area (Å²) < 4.78 is 0. The van der Waals surface area contributed by atoms with Gasteiger partial charge in [0.2, 0.25) is 5.91 Å². The third kappa shape index (κ3) is 3.43. The molecule has 1 heterocycles. The molecule has 1 amide bonds. The molecule has 0 aromatic heterocycles. The maximum atomic E-state index is 12.1. The number of rotatable bonds is 4. The lowest BCUT2D eigenvalue weighted by molar-refractivity contribution is -0.148. The van der Waals surface area contributed by atoms with Crippen LogP contribution in [0.4, 0.5) is 0 Å². The van der Waals surface area contributed by atoms with Gasteiger partial charge >= 0.3 is 5.97 Å². The zero-order valence-electron chi connectivity index (χ0n) is 10.6. The van der Waals surface area contributed by atoms with E-state index in [0.717, 1.165) is 0 Å². The number of likely N-dealkylation sites (tertiary alicyclic amines) is 1. The molecule has 0 aromatic carbocycles. The number of hydrogen-bond acceptors (Lipinski definition) is 3. The van der Waals surface area contributed by atoms with Gasteiger partial charge in [-0.2, -0.15) is 0 Å². The van der Waals surface area contributed by atoms with Gasteiger partial charge in [-0.25, -0.2) is 0 Å². The smallest absolute Gasteiger partial charge is 0.306 e. The number of aliphatic carboxylic acids is 1. The van der Waals surface area contributed by atoms with Crippen molar-refractivity contribution in [2.75, 3.05) is 13.1 Å². The molecule has 17 heavy (non-hydrogen) atoms. The first-order valence-electron chi connectivity index (χ1n) is 6.20. The normalized spacial score (nSPS) is 26.6. The van der Waals surface area contributed by atoms with Gasteiger partial charge < -0.3 is 15.7 Å². The van der Waals surface area contributed by atoms with Gasteiger partial charge in [-0.15, -0.1) is 0 Å². The van der Waals surface area contributed by atoms with E-state index in [1.165, 1.54) is 0 Å². The van der Waals surface area contributed by atoms with E-state index in [1.807, 2.05) is 13.8 Å². The van der Waals surface area contributed by atoms with Crippen molar-refractivity contribution in [2.45, 2.75) is 39.2 Å². The van der Waals surface area contributed by atoms with E-state index < -0.39 is 5.97 Å². The number of carboxylic acid groups (broad SMARTS) is 1. The monoisotopic (exact) mass is 242 g/mol. The average Bonchev–Trinajstić information content (AvgIpc) is 2.28. The van der Waals surface area contributed by atoms with Crippen LogP contribution in [-0.4, -0.2) is 41.0 Å². The van der Waals surface area contributed by atoms with Crippen molar-refractivity contribution in [3.63, 3.8) is 0 Å². The van der Waals surface area contributed by atoms with Gasteiger partial charge in [-0.05, 0) is 32.7 Å². The average molecular weight is 242 g/mol. The van der Waals surface area contributed by atoms with E-state index in [4.69, 9.17) is 10.8 Å². The third-order valence-corrected chi connectivity index (χ3v) is 3.53. The van der Waals surface area contributed by atoms with E-state index in [1.54, 1.807) is 4.90 Å². The first kappa shape index (κ1) is 14.0.